The number of rotatable bonds is 4. The highest BCUT2D eigenvalue weighted by Crippen LogP contribution is 2.26. The summed E-state index contributed by atoms with van der Waals surface area (Å²) in [5, 5.41) is 3.73. The van der Waals surface area contributed by atoms with Crippen LogP contribution in [-0.2, 0) is 0 Å². The highest BCUT2D eigenvalue weighted by atomic mass is 19.1. The number of nitrogens with two attached hydrogens (primary N) is 1. The third-order valence-corrected chi connectivity index (χ3v) is 2.70. The molecular weight excluding hydrogens is 238 g/mol. The highest BCUT2D eigenvalue weighted by molar-refractivity contribution is 5.59. The Morgan fingerprint density at radius 2 is 2.11 bits per heavy atom. The number of hydrogen-bond acceptors (Lipinski definition) is 3. The maximum absolute atomic E-state index is 13.5. The normalized spacial score (nSPS) is 12.7. The summed E-state index contributed by atoms with van der Waals surface area (Å²) in [7, 11) is 0. The van der Waals surface area contributed by atoms with Gasteiger partial charge in [0.2, 0.25) is 0 Å². The SMILES string of the molecule is CCCC(N)c1cc(-c2cc(F)ccc2F)no1. The van der Waals surface area contributed by atoms with Gasteiger partial charge in [0, 0.05) is 11.6 Å². The Labute approximate surface area is 104 Å². The molecule has 3 nitrogen and oxygen atoms in total. The Bertz CT molecular complexity index is 540. The second-order valence-corrected chi connectivity index (χ2v) is 4.13. The van der Waals surface area contributed by atoms with Gasteiger partial charge in [0.25, 0.3) is 0 Å². The summed E-state index contributed by atoms with van der Waals surface area (Å²) in [4.78, 5) is 0. The largest absolute Gasteiger partial charge is 0.359 e. The van der Waals surface area contributed by atoms with Gasteiger partial charge in [-0.1, -0.05) is 18.5 Å². The molecule has 0 spiro atoms. The zero-order valence-electron chi connectivity index (χ0n) is 9.99. The van der Waals surface area contributed by atoms with Gasteiger partial charge in [-0.05, 0) is 24.6 Å². The zero-order chi connectivity index (χ0) is 13.1. The van der Waals surface area contributed by atoms with E-state index >= 15 is 0 Å². The van der Waals surface area contributed by atoms with E-state index in [2.05, 4.69) is 5.16 Å². The molecule has 5 heteroatoms. The third-order valence-electron chi connectivity index (χ3n) is 2.70. The minimum atomic E-state index is -0.541. The van der Waals surface area contributed by atoms with Gasteiger partial charge in [-0.3, -0.25) is 0 Å². The first kappa shape index (κ1) is 12.7. The lowest BCUT2D eigenvalue weighted by atomic mass is 10.1. The van der Waals surface area contributed by atoms with Crippen molar-refractivity contribution in [2.75, 3.05) is 0 Å². The topological polar surface area (TPSA) is 52.0 Å². The second-order valence-electron chi connectivity index (χ2n) is 4.13. The molecule has 0 aliphatic heterocycles. The number of benzene rings is 1. The molecule has 96 valence electrons. The summed E-state index contributed by atoms with van der Waals surface area (Å²) in [6.45, 7) is 2.00. The van der Waals surface area contributed by atoms with E-state index in [1.807, 2.05) is 6.92 Å². The molecule has 0 saturated carbocycles. The maximum Gasteiger partial charge on any atom is 0.154 e. The number of nitrogens with zero attached hydrogens (tertiary/aromatic N) is 1. The standard InChI is InChI=1S/C13H14F2N2O/c1-2-3-11(16)13-7-12(17-18-13)9-6-8(14)4-5-10(9)15/h4-7,11H,2-3,16H2,1H3. The first-order valence-electron chi connectivity index (χ1n) is 5.79. The molecule has 0 radical (unpaired) electrons. The average Bonchev–Trinajstić information content (AvgIpc) is 2.82. The lowest BCUT2D eigenvalue weighted by molar-refractivity contribution is 0.356. The number of hydrogen-bond donors (Lipinski definition) is 1. The molecule has 0 fully saturated rings. The molecule has 1 aromatic carbocycles. The van der Waals surface area contributed by atoms with E-state index in [1.54, 1.807) is 6.07 Å². The highest BCUT2D eigenvalue weighted by Gasteiger charge is 2.15. The van der Waals surface area contributed by atoms with Crippen LogP contribution < -0.4 is 5.73 Å². The van der Waals surface area contributed by atoms with Crippen molar-refractivity contribution < 1.29 is 13.3 Å². The van der Waals surface area contributed by atoms with Gasteiger partial charge in [-0.15, -0.1) is 0 Å². The Balaban J connectivity index is 2.32. The minimum Gasteiger partial charge on any atom is -0.359 e. The molecule has 1 heterocycles. The first-order chi connectivity index (χ1) is 8.61. The Morgan fingerprint density at radius 3 is 2.83 bits per heavy atom. The molecule has 1 aromatic heterocycles. The molecule has 2 aromatic rings. The third kappa shape index (κ3) is 2.56. The van der Waals surface area contributed by atoms with E-state index in [9.17, 15) is 8.78 Å². The summed E-state index contributed by atoms with van der Waals surface area (Å²) < 4.78 is 31.7. The fourth-order valence-electron chi connectivity index (χ4n) is 1.74. The molecule has 18 heavy (non-hydrogen) atoms. The van der Waals surface area contributed by atoms with Gasteiger partial charge < -0.3 is 10.3 Å². The number of aromatic nitrogens is 1. The average molecular weight is 252 g/mol. The van der Waals surface area contributed by atoms with Crippen LogP contribution in [0.4, 0.5) is 8.78 Å². The molecule has 0 saturated heterocycles. The predicted molar refractivity (Wildman–Crippen MR) is 63.7 cm³/mol. The maximum atomic E-state index is 13.5. The van der Waals surface area contributed by atoms with Crippen LogP contribution in [-0.4, -0.2) is 5.16 Å². The summed E-state index contributed by atoms with van der Waals surface area (Å²) in [6, 6.07) is 4.49. The van der Waals surface area contributed by atoms with Gasteiger partial charge in [-0.25, -0.2) is 8.78 Å². The van der Waals surface area contributed by atoms with Crippen LogP contribution in [0.3, 0.4) is 0 Å². The molecular formula is C13H14F2N2O. The quantitative estimate of drug-likeness (QED) is 0.907. The zero-order valence-corrected chi connectivity index (χ0v) is 9.99. The van der Waals surface area contributed by atoms with E-state index in [0.29, 0.717) is 5.76 Å². The lowest BCUT2D eigenvalue weighted by Crippen LogP contribution is -2.08. The van der Waals surface area contributed by atoms with Crippen molar-refractivity contribution in [1.29, 1.82) is 0 Å². The van der Waals surface area contributed by atoms with Crippen molar-refractivity contribution >= 4 is 0 Å². The smallest absolute Gasteiger partial charge is 0.154 e. The fourth-order valence-corrected chi connectivity index (χ4v) is 1.74. The molecule has 2 rings (SSSR count). The van der Waals surface area contributed by atoms with E-state index in [1.165, 1.54) is 0 Å². The van der Waals surface area contributed by atoms with Gasteiger partial charge in [-0.2, -0.15) is 0 Å². The van der Waals surface area contributed by atoms with Gasteiger partial charge in [0.1, 0.15) is 17.3 Å². The second kappa shape index (κ2) is 5.27. The van der Waals surface area contributed by atoms with Crippen LogP contribution >= 0.6 is 0 Å². The van der Waals surface area contributed by atoms with Crippen molar-refractivity contribution in [2.24, 2.45) is 5.73 Å². The van der Waals surface area contributed by atoms with Crippen molar-refractivity contribution in [1.82, 2.24) is 5.16 Å². The van der Waals surface area contributed by atoms with Crippen molar-refractivity contribution in [3.8, 4) is 11.3 Å². The predicted octanol–water partition coefficient (Wildman–Crippen LogP) is 3.42. The monoisotopic (exact) mass is 252 g/mol. The molecule has 0 aliphatic carbocycles. The Kier molecular flexibility index (Phi) is 3.72. The lowest BCUT2D eigenvalue weighted by Gasteiger charge is -2.03. The van der Waals surface area contributed by atoms with E-state index in [-0.39, 0.29) is 17.3 Å². The fraction of sp³-hybridized carbons (Fsp3) is 0.308. The molecule has 1 unspecified atom stereocenters. The Morgan fingerprint density at radius 1 is 1.33 bits per heavy atom. The summed E-state index contributed by atoms with van der Waals surface area (Å²) in [5.74, 6) is -0.579. The van der Waals surface area contributed by atoms with E-state index in [4.69, 9.17) is 10.3 Å². The van der Waals surface area contributed by atoms with Crippen LogP contribution in [0.15, 0.2) is 28.8 Å². The van der Waals surface area contributed by atoms with Crippen molar-refractivity contribution in [2.45, 2.75) is 25.8 Å². The van der Waals surface area contributed by atoms with Crippen LogP contribution in [0.25, 0.3) is 11.3 Å². The van der Waals surface area contributed by atoms with Crippen molar-refractivity contribution in [3.05, 3.63) is 41.7 Å². The van der Waals surface area contributed by atoms with Crippen LogP contribution in [0.1, 0.15) is 31.6 Å². The molecule has 1 atom stereocenters. The minimum absolute atomic E-state index is 0.0775. The van der Waals surface area contributed by atoms with Gasteiger partial charge in [0.05, 0.1) is 6.04 Å². The molecule has 2 N–H and O–H groups in total. The number of halogens is 2. The van der Waals surface area contributed by atoms with Crippen LogP contribution in [0.5, 0.6) is 0 Å². The molecule has 0 aliphatic rings. The molecule has 0 amide bonds. The summed E-state index contributed by atoms with van der Waals surface area (Å²) in [5.41, 5.74) is 6.20. The Hall–Kier alpha value is -1.75. The van der Waals surface area contributed by atoms with Crippen LogP contribution in [0.2, 0.25) is 0 Å². The molecule has 0 bridgehead atoms. The van der Waals surface area contributed by atoms with Gasteiger partial charge >= 0.3 is 0 Å². The van der Waals surface area contributed by atoms with Crippen molar-refractivity contribution in [3.63, 3.8) is 0 Å². The summed E-state index contributed by atoms with van der Waals surface area (Å²) in [6.07, 6.45) is 1.66. The van der Waals surface area contributed by atoms with E-state index in [0.717, 1.165) is 31.0 Å². The summed E-state index contributed by atoms with van der Waals surface area (Å²) >= 11 is 0. The van der Waals surface area contributed by atoms with E-state index < -0.39 is 11.6 Å². The van der Waals surface area contributed by atoms with Gasteiger partial charge in [0.15, 0.2) is 5.76 Å². The first-order valence-corrected chi connectivity index (χ1v) is 5.79. The van der Waals surface area contributed by atoms with Crippen LogP contribution in [0, 0.1) is 11.6 Å².